The topological polar surface area (TPSA) is 47.2 Å². The van der Waals surface area contributed by atoms with Crippen LogP contribution in [0.5, 0.6) is 0 Å². The highest BCUT2D eigenvalue weighted by molar-refractivity contribution is 6.23. The molecule has 2 heterocycles. The first-order valence-corrected chi connectivity index (χ1v) is 13.7. The lowest BCUT2D eigenvalue weighted by Crippen LogP contribution is -2.43. The zero-order valence-electron chi connectivity index (χ0n) is 26.2. The minimum atomic E-state index is -0.188. The number of carbonyl (C=O) groups is 1. The third-order valence-electron chi connectivity index (χ3n) is 7.52. The second-order valence-electron chi connectivity index (χ2n) is 15.0. The van der Waals surface area contributed by atoms with Gasteiger partial charge in [-0.15, -0.1) is 0 Å². The quantitative estimate of drug-likeness (QED) is 0.337. The maximum absolute atomic E-state index is 13.4. The molecular formula is C34H48N2O2. The Balaban J connectivity index is 2.13. The standard InChI is InChI=1S/C34H48N2O2/c1-31(2,3)21-15-23(35(13)27(17-21)33(7,8)9)19-25-29(37)26(30(25)38)20-24-16-22(32(4,5)6)18-28(36(24)14)34(10,11)12/h15-20H,1-14H3. The van der Waals surface area contributed by atoms with Crippen molar-refractivity contribution in [1.29, 1.82) is 0 Å². The van der Waals surface area contributed by atoms with Crippen LogP contribution in [0.2, 0.25) is 0 Å². The number of Topliss-reactive ketones (excluding diaryl/α,β-unsaturated/α-hetero) is 1. The summed E-state index contributed by atoms with van der Waals surface area (Å²) in [7, 11) is 4.02. The first kappa shape index (κ1) is 29.7. The normalized spacial score (nSPS) is 19.7. The number of hydrogen-bond acceptors (Lipinski definition) is 3. The van der Waals surface area contributed by atoms with Crippen LogP contribution in [-0.2, 0) is 22.7 Å². The summed E-state index contributed by atoms with van der Waals surface area (Å²) in [4.78, 5) is 15.5. The predicted molar refractivity (Wildman–Crippen MR) is 156 cm³/mol. The van der Waals surface area contributed by atoms with Gasteiger partial charge in [-0.05, 0) is 40.2 Å². The molecule has 0 spiro atoms. The Kier molecular flexibility index (Phi) is 7.34. The second kappa shape index (κ2) is 9.39. The van der Waals surface area contributed by atoms with Gasteiger partial charge in [0.15, 0.2) is 11.5 Å². The van der Waals surface area contributed by atoms with Crippen LogP contribution in [0.3, 0.4) is 0 Å². The number of aromatic nitrogens is 1. The van der Waals surface area contributed by atoms with Crippen molar-refractivity contribution in [3.8, 4) is 0 Å². The van der Waals surface area contributed by atoms with Crippen molar-refractivity contribution < 1.29 is 14.5 Å². The fourth-order valence-electron chi connectivity index (χ4n) is 4.94. The van der Waals surface area contributed by atoms with Crippen molar-refractivity contribution in [2.75, 3.05) is 7.05 Å². The minimum Gasteiger partial charge on any atom is -0.871 e. The first-order chi connectivity index (χ1) is 17.0. The second-order valence-corrected chi connectivity index (χ2v) is 15.0. The van der Waals surface area contributed by atoms with Crippen molar-refractivity contribution in [2.45, 2.75) is 93.9 Å². The summed E-state index contributed by atoms with van der Waals surface area (Å²) >= 11 is 0. The number of carbonyl (C=O) groups excluding carboxylic acids is 1. The molecular weight excluding hydrogens is 468 g/mol. The number of allylic oxidation sites excluding steroid dienone is 7. The average Bonchev–Trinajstić information content (AvgIpc) is 2.74. The van der Waals surface area contributed by atoms with E-state index >= 15 is 0 Å². The van der Waals surface area contributed by atoms with E-state index < -0.39 is 0 Å². The predicted octanol–water partition coefficient (Wildman–Crippen LogP) is 6.42. The number of likely N-dealkylation sites (N-methyl/N-ethyl adjacent to an activating group) is 1. The summed E-state index contributed by atoms with van der Waals surface area (Å²) in [6, 6.07) is 4.35. The van der Waals surface area contributed by atoms with E-state index in [1.807, 2.05) is 14.1 Å². The molecule has 0 atom stereocenters. The van der Waals surface area contributed by atoms with Gasteiger partial charge < -0.3 is 10.0 Å². The Hall–Kier alpha value is -2.88. The SMILES string of the molecule is CN1C(C(C)(C)C)=CC(C(C)(C)C)=C/C1=C\C1=C([O-])C(=C/c2cc(C(C)(C)C)cc(C(C)(C)C)[n+]2C)/C1=O. The maximum Gasteiger partial charge on any atom is 0.206 e. The lowest BCUT2D eigenvalue weighted by Gasteiger charge is -2.39. The van der Waals surface area contributed by atoms with Gasteiger partial charge in [0.1, 0.15) is 7.05 Å². The van der Waals surface area contributed by atoms with Crippen LogP contribution in [0, 0.1) is 10.8 Å². The molecule has 0 fully saturated rings. The Morgan fingerprint density at radius 3 is 1.82 bits per heavy atom. The lowest BCUT2D eigenvalue weighted by atomic mass is 9.79. The summed E-state index contributed by atoms with van der Waals surface area (Å²) in [6.45, 7) is 26.2. The Morgan fingerprint density at radius 2 is 1.37 bits per heavy atom. The van der Waals surface area contributed by atoms with Crippen LogP contribution in [0.1, 0.15) is 100 Å². The number of rotatable bonds is 2. The van der Waals surface area contributed by atoms with Crippen molar-refractivity contribution in [3.05, 3.63) is 81.2 Å². The van der Waals surface area contributed by atoms with Gasteiger partial charge >= 0.3 is 0 Å². The summed E-state index contributed by atoms with van der Waals surface area (Å²) in [6.07, 6.45) is 7.90. The molecule has 0 saturated carbocycles. The molecule has 206 valence electrons. The van der Waals surface area contributed by atoms with E-state index in [0.717, 1.165) is 22.8 Å². The zero-order chi connectivity index (χ0) is 29.2. The highest BCUT2D eigenvalue weighted by Gasteiger charge is 2.33. The van der Waals surface area contributed by atoms with Gasteiger partial charge in [-0.25, -0.2) is 0 Å². The number of nitrogens with zero attached hydrogens (tertiary/aromatic N) is 2. The number of hydrogen-bond donors (Lipinski definition) is 0. The molecule has 0 amide bonds. The maximum atomic E-state index is 13.4. The number of ketones is 1. The van der Waals surface area contributed by atoms with Gasteiger partial charge in [-0.3, -0.25) is 4.79 Å². The summed E-state index contributed by atoms with van der Waals surface area (Å²) in [5.41, 5.74) is 6.65. The molecule has 0 bridgehead atoms. The molecule has 4 nitrogen and oxygen atoms in total. The molecule has 3 rings (SSSR count). The third-order valence-corrected chi connectivity index (χ3v) is 7.52. The molecule has 0 radical (unpaired) electrons. The van der Waals surface area contributed by atoms with E-state index in [4.69, 9.17) is 0 Å². The van der Waals surface area contributed by atoms with Crippen LogP contribution in [0.25, 0.3) is 6.08 Å². The minimum absolute atomic E-state index is 0.0577. The number of pyridine rings is 1. The molecule has 0 saturated heterocycles. The van der Waals surface area contributed by atoms with Crippen molar-refractivity contribution in [1.82, 2.24) is 4.90 Å². The molecule has 1 aromatic rings. The van der Waals surface area contributed by atoms with Gasteiger partial charge in [0.2, 0.25) is 5.69 Å². The smallest absolute Gasteiger partial charge is 0.206 e. The van der Waals surface area contributed by atoms with E-state index in [-0.39, 0.29) is 44.3 Å². The highest BCUT2D eigenvalue weighted by Crippen LogP contribution is 2.41. The van der Waals surface area contributed by atoms with Gasteiger partial charge in [0.25, 0.3) is 0 Å². The van der Waals surface area contributed by atoms with E-state index in [9.17, 15) is 9.90 Å². The van der Waals surface area contributed by atoms with Crippen LogP contribution >= 0.6 is 0 Å². The fraction of sp³-hybridized carbons (Fsp3) is 0.529. The Labute approximate surface area is 231 Å². The van der Waals surface area contributed by atoms with Crippen LogP contribution < -0.4 is 9.67 Å². The fourth-order valence-corrected chi connectivity index (χ4v) is 4.94. The van der Waals surface area contributed by atoms with E-state index in [2.05, 4.69) is 117 Å². The Bertz CT molecular complexity index is 1320. The third kappa shape index (κ3) is 5.75. The summed E-state index contributed by atoms with van der Waals surface area (Å²) in [5.74, 6) is -0.376. The van der Waals surface area contributed by atoms with E-state index in [0.29, 0.717) is 0 Å². The van der Waals surface area contributed by atoms with Gasteiger partial charge in [-0.2, -0.15) is 4.57 Å². The zero-order valence-corrected chi connectivity index (χ0v) is 26.2. The molecule has 1 aliphatic carbocycles. The summed E-state index contributed by atoms with van der Waals surface area (Å²) in [5, 5.41) is 13.4. The van der Waals surface area contributed by atoms with Crippen LogP contribution in [0.15, 0.2) is 64.2 Å². The summed E-state index contributed by atoms with van der Waals surface area (Å²) < 4.78 is 2.10. The molecule has 0 unspecified atom stereocenters. The van der Waals surface area contributed by atoms with E-state index in [1.165, 1.54) is 11.1 Å². The van der Waals surface area contributed by atoms with Crippen molar-refractivity contribution in [2.24, 2.45) is 17.9 Å². The molecule has 4 heteroatoms. The molecule has 0 aromatic carbocycles. The molecule has 1 aliphatic heterocycles. The van der Waals surface area contributed by atoms with E-state index in [1.54, 1.807) is 12.2 Å². The largest absolute Gasteiger partial charge is 0.871 e. The van der Waals surface area contributed by atoms with Crippen LogP contribution in [0.4, 0.5) is 0 Å². The molecule has 2 aliphatic rings. The monoisotopic (exact) mass is 516 g/mol. The van der Waals surface area contributed by atoms with Gasteiger partial charge in [0.05, 0.1) is 0 Å². The Morgan fingerprint density at radius 1 is 0.789 bits per heavy atom. The lowest BCUT2D eigenvalue weighted by molar-refractivity contribution is -0.684. The molecule has 38 heavy (non-hydrogen) atoms. The molecule has 1 aromatic heterocycles. The van der Waals surface area contributed by atoms with Gasteiger partial charge in [0, 0.05) is 58.6 Å². The molecule has 0 N–H and O–H groups in total. The van der Waals surface area contributed by atoms with Crippen molar-refractivity contribution >= 4 is 11.9 Å². The highest BCUT2D eigenvalue weighted by atomic mass is 16.3. The first-order valence-electron chi connectivity index (χ1n) is 13.7. The van der Waals surface area contributed by atoms with Gasteiger partial charge in [-0.1, -0.05) is 88.8 Å². The average molecular weight is 517 g/mol. The van der Waals surface area contributed by atoms with Crippen LogP contribution in [-0.4, -0.2) is 17.7 Å². The van der Waals surface area contributed by atoms with Crippen molar-refractivity contribution in [3.63, 3.8) is 0 Å².